The molecule has 1 atom stereocenters. The van der Waals surface area contributed by atoms with Crippen LogP contribution in [0, 0.1) is 5.92 Å². The number of carbonyl (C=O) groups is 1. The van der Waals surface area contributed by atoms with Gasteiger partial charge in [0.1, 0.15) is 5.75 Å². The van der Waals surface area contributed by atoms with Gasteiger partial charge in [-0.15, -0.1) is 13.2 Å². The fourth-order valence-corrected chi connectivity index (χ4v) is 6.90. The molecule has 3 rings (SSSR count). The highest BCUT2D eigenvalue weighted by Crippen LogP contribution is 2.34. The Morgan fingerprint density at radius 3 is 2.08 bits per heavy atom. The first-order valence-corrected chi connectivity index (χ1v) is 14.5. The van der Waals surface area contributed by atoms with E-state index in [4.69, 9.17) is 0 Å². The van der Waals surface area contributed by atoms with E-state index in [1.165, 1.54) is 11.8 Å². The van der Waals surface area contributed by atoms with E-state index < -0.39 is 70.4 Å². The molecule has 1 saturated heterocycles. The molecule has 0 spiro atoms. The average molecular weight is 604 g/mol. The largest absolute Gasteiger partial charge is 0.573 e. The van der Waals surface area contributed by atoms with Crippen molar-refractivity contribution in [1.29, 1.82) is 0 Å². The van der Waals surface area contributed by atoms with Crippen molar-refractivity contribution in [2.75, 3.05) is 19.3 Å². The third-order valence-electron chi connectivity index (χ3n) is 6.29. The van der Waals surface area contributed by atoms with Crippen LogP contribution in [-0.2, 0) is 25.9 Å². The van der Waals surface area contributed by atoms with E-state index in [0.29, 0.717) is 12.1 Å². The minimum absolute atomic E-state index is 0. The molecule has 0 unspecified atom stereocenters. The fraction of sp³-hybridized carbons (Fsp3) is 0.458. The molecule has 2 aromatic rings. The lowest BCUT2D eigenvalue weighted by Crippen LogP contribution is -2.42. The Balaban J connectivity index is 0.00000533. The van der Waals surface area contributed by atoms with Crippen molar-refractivity contribution in [2.45, 2.75) is 54.8 Å². The summed E-state index contributed by atoms with van der Waals surface area (Å²) in [6, 6.07) is 5.75. The van der Waals surface area contributed by atoms with Gasteiger partial charge in [-0.05, 0) is 62.1 Å². The maximum Gasteiger partial charge on any atom is 0.573 e. The summed E-state index contributed by atoms with van der Waals surface area (Å²) in [6.45, 7) is 1.37. The van der Waals surface area contributed by atoms with E-state index in [9.17, 15) is 48.0 Å². The number of alkyl halides is 6. The van der Waals surface area contributed by atoms with Crippen LogP contribution < -0.4 is 4.74 Å². The Kier molecular flexibility index (Phi) is 9.43. The lowest BCUT2D eigenvalue weighted by atomic mass is 9.93. The monoisotopic (exact) mass is 603 g/mol. The summed E-state index contributed by atoms with van der Waals surface area (Å²) in [5.74, 6) is -2.12. The molecule has 0 saturated carbocycles. The van der Waals surface area contributed by atoms with E-state index in [2.05, 4.69) is 4.74 Å². The Morgan fingerprint density at radius 2 is 1.56 bits per heavy atom. The SMILES string of the molecule is C.C[C@H](C1CCN(C(=O)c2ccc(OC(F)(F)F)cc2S(C)(=O)=O)CC1)S(=O)(=O)c1cccc(C(F)(F)F)c1. The number of amides is 1. The smallest absolute Gasteiger partial charge is 0.406 e. The molecular formula is C24H27F6NO6S2. The molecule has 1 aliphatic heterocycles. The minimum Gasteiger partial charge on any atom is -0.406 e. The fourth-order valence-electron chi connectivity index (χ4n) is 4.24. The number of carbonyl (C=O) groups excluding carboxylic acids is 1. The Hall–Kier alpha value is -2.81. The van der Waals surface area contributed by atoms with Crippen LogP contribution in [0.1, 0.15) is 43.1 Å². The van der Waals surface area contributed by atoms with Gasteiger partial charge in [0.05, 0.1) is 26.2 Å². The van der Waals surface area contributed by atoms with Gasteiger partial charge < -0.3 is 9.64 Å². The van der Waals surface area contributed by atoms with E-state index in [1.807, 2.05) is 0 Å². The Bertz CT molecular complexity index is 1410. The summed E-state index contributed by atoms with van der Waals surface area (Å²) in [5.41, 5.74) is -1.47. The van der Waals surface area contributed by atoms with Crippen molar-refractivity contribution >= 4 is 25.6 Å². The number of sulfone groups is 2. The molecule has 0 aromatic heterocycles. The van der Waals surface area contributed by atoms with Crippen molar-refractivity contribution in [3.63, 3.8) is 0 Å². The summed E-state index contributed by atoms with van der Waals surface area (Å²) in [6.07, 6.45) is -8.78. The van der Waals surface area contributed by atoms with Crippen molar-refractivity contribution in [3.05, 3.63) is 53.6 Å². The second kappa shape index (κ2) is 11.4. The molecule has 15 heteroatoms. The number of nitrogens with zero attached hydrogens (tertiary/aromatic N) is 1. The number of rotatable bonds is 6. The molecule has 1 amide bonds. The number of ether oxygens (including phenoxy) is 1. The maximum atomic E-state index is 13.1. The van der Waals surface area contributed by atoms with Crippen molar-refractivity contribution in [2.24, 2.45) is 5.92 Å². The third kappa shape index (κ3) is 7.65. The zero-order chi connectivity index (χ0) is 28.7. The molecule has 0 N–H and O–H groups in total. The quantitative estimate of drug-likeness (QED) is 0.413. The third-order valence-corrected chi connectivity index (χ3v) is 9.70. The van der Waals surface area contributed by atoms with Crippen LogP contribution in [0.15, 0.2) is 52.3 Å². The molecule has 0 radical (unpaired) electrons. The first-order chi connectivity index (χ1) is 17.3. The second-order valence-corrected chi connectivity index (χ2v) is 13.2. The molecule has 1 heterocycles. The van der Waals surface area contributed by atoms with Gasteiger partial charge in [-0.1, -0.05) is 13.5 Å². The van der Waals surface area contributed by atoms with Gasteiger partial charge in [0, 0.05) is 19.3 Å². The number of benzene rings is 2. The van der Waals surface area contributed by atoms with E-state index >= 15 is 0 Å². The Labute approximate surface area is 222 Å². The summed E-state index contributed by atoms with van der Waals surface area (Å²) in [7, 11) is -8.28. The predicted octanol–water partition coefficient (Wildman–Crippen LogP) is 5.36. The van der Waals surface area contributed by atoms with Gasteiger partial charge in [0.25, 0.3) is 5.91 Å². The molecule has 1 fully saturated rings. The summed E-state index contributed by atoms with van der Waals surface area (Å²) < 4.78 is 131. The molecule has 39 heavy (non-hydrogen) atoms. The van der Waals surface area contributed by atoms with Gasteiger partial charge >= 0.3 is 12.5 Å². The van der Waals surface area contributed by atoms with Crippen molar-refractivity contribution < 1.29 is 52.7 Å². The van der Waals surface area contributed by atoms with Crippen LogP contribution in [-0.4, -0.2) is 58.6 Å². The number of piperidine rings is 1. The van der Waals surface area contributed by atoms with Crippen LogP contribution in [0.25, 0.3) is 0 Å². The first-order valence-electron chi connectivity index (χ1n) is 11.1. The molecule has 0 aliphatic carbocycles. The second-order valence-electron chi connectivity index (χ2n) is 8.88. The average Bonchev–Trinajstić information content (AvgIpc) is 2.81. The van der Waals surface area contributed by atoms with Crippen LogP contribution in [0.5, 0.6) is 5.75 Å². The van der Waals surface area contributed by atoms with Crippen LogP contribution in [0.4, 0.5) is 26.3 Å². The number of hydrogen-bond donors (Lipinski definition) is 0. The summed E-state index contributed by atoms with van der Waals surface area (Å²) >= 11 is 0. The normalized spacial score (nSPS) is 16.4. The van der Waals surface area contributed by atoms with Gasteiger partial charge in [-0.3, -0.25) is 4.79 Å². The molecule has 2 aromatic carbocycles. The summed E-state index contributed by atoms with van der Waals surface area (Å²) in [4.78, 5) is 13.2. The number of halogens is 6. The standard InChI is InChI=1S/C23H23F6NO6S2.CH4/c1-14(38(34,35)18-5-3-4-16(12-18)22(24,25)26)15-8-10-30(11-9-15)21(31)19-7-6-17(36-23(27,28)29)13-20(19)37(2,32)33;/h3-7,12-15H,8-11H2,1-2H3;1H4/t14-;/m1./s1. The van der Waals surface area contributed by atoms with Crippen molar-refractivity contribution in [1.82, 2.24) is 4.90 Å². The lowest BCUT2D eigenvalue weighted by Gasteiger charge is -2.35. The predicted molar refractivity (Wildman–Crippen MR) is 130 cm³/mol. The minimum atomic E-state index is -5.08. The van der Waals surface area contributed by atoms with E-state index in [1.54, 1.807) is 0 Å². The first kappa shape index (κ1) is 32.4. The van der Waals surface area contributed by atoms with Crippen LogP contribution in [0.3, 0.4) is 0 Å². The number of likely N-dealkylation sites (tertiary alicyclic amines) is 1. The lowest BCUT2D eigenvalue weighted by molar-refractivity contribution is -0.274. The van der Waals surface area contributed by atoms with E-state index in [0.717, 1.165) is 36.6 Å². The van der Waals surface area contributed by atoms with Crippen LogP contribution in [0.2, 0.25) is 0 Å². The van der Waals surface area contributed by atoms with Crippen molar-refractivity contribution in [3.8, 4) is 5.75 Å². The molecule has 1 aliphatic rings. The molecule has 218 valence electrons. The maximum absolute atomic E-state index is 13.1. The van der Waals surface area contributed by atoms with Gasteiger partial charge in [-0.25, -0.2) is 16.8 Å². The Morgan fingerprint density at radius 1 is 0.974 bits per heavy atom. The van der Waals surface area contributed by atoms with E-state index in [-0.39, 0.29) is 38.9 Å². The molecular weight excluding hydrogens is 576 g/mol. The van der Waals surface area contributed by atoms with Gasteiger partial charge in [0.15, 0.2) is 19.7 Å². The van der Waals surface area contributed by atoms with Gasteiger partial charge in [-0.2, -0.15) is 13.2 Å². The van der Waals surface area contributed by atoms with Gasteiger partial charge in [0.2, 0.25) is 0 Å². The molecule has 7 nitrogen and oxygen atoms in total. The highest BCUT2D eigenvalue weighted by molar-refractivity contribution is 7.92. The zero-order valence-electron chi connectivity index (χ0n) is 20.0. The molecule has 0 bridgehead atoms. The highest BCUT2D eigenvalue weighted by Gasteiger charge is 2.37. The van der Waals surface area contributed by atoms with Crippen LogP contribution >= 0.6 is 0 Å². The zero-order valence-corrected chi connectivity index (χ0v) is 21.6. The topological polar surface area (TPSA) is 97.8 Å². The highest BCUT2D eigenvalue weighted by atomic mass is 32.2. The summed E-state index contributed by atoms with van der Waals surface area (Å²) in [5, 5.41) is -1.08. The number of hydrogen-bond acceptors (Lipinski definition) is 6.